The fourth-order valence-electron chi connectivity index (χ4n) is 2.78. The molecular weight excluding hydrogens is 388 g/mol. The largest absolute Gasteiger partial charge is 0.488 e. The Morgan fingerprint density at radius 3 is 2.61 bits per heavy atom. The summed E-state index contributed by atoms with van der Waals surface area (Å²) in [4.78, 5) is 19.0. The van der Waals surface area contributed by atoms with Gasteiger partial charge in [-0.15, -0.1) is 0 Å². The molecule has 2 aromatic carbocycles. The molecular formula is C22H16N2O2S2. The molecule has 1 aliphatic heterocycles. The lowest BCUT2D eigenvalue weighted by Gasteiger charge is -2.13. The number of rotatable bonds is 5. The number of carbonyl (C=O) groups excluding carboxylic acids is 1. The Kier molecular flexibility index (Phi) is 5.50. The number of aromatic nitrogens is 1. The number of hydrogen-bond donors (Lipinski definition) is 0. The third-order valence-electron chi connectivity index (χ3n) is 4.14. The molecule has 0 radical (unpaired) electrons. The number of pyridine rings is 1. The van der Waals surface area contributed by atoms with Crippen LogP contribution in [0.5, 0.6) is 5.75 Å². The van der Waals surface area contributed by atoms with E-state index >= 15 is 0 Å². The van der Waals surface area contributed by atoms with Gasteiger partial charge < -0.3 is 4.74 Å². The lowest BCUT2D eigenvalue weighted by Crippen LogP contribution is -2.27. The summed E-state index contributed by atoms with van der Waals surface area (Å²) in [6, 6.07) is 21.2. The SMILES string of the molecule is O=C1C(=Cc2ccccc2OCc2ccccc2)SC(=S)N1c1cccnc1. The third kappa shape index (κ3) is 3.98. The summed E-state index contributed by atoms with van der Waals surface area (Å²) in [6.07, 6.45) is 5.12. The molecule has 1 aromatic heterocycles. The topological polar surface area (TPSA) is 42.4 Å². The quantitative estimate of drug-likeness (QED) is 0.439. The van der Waals surface area contributed by atoms with E-state index in [1.54, 1.807) is 18.5 Å². The monoisotopic (exact) mass is 404 g/mol. The molecule has 1 amide bonds. The van der Waals surface area contributed by atoms with Gasteiger partial charge in [-0.2, -0.15) is 0 Å². The minimum Gasteiger partial charge on any atom is -0.488 e. The van der Waals surface area contributed by atoms with Crippen LogP contribution in [0.3, 0.4) is 0 Å². The van der Waals surface area contributed by atoms with Gasteiger partial charge in [0.25, 0.3) is 5.91 Å². The van der Waals surface area contributed by atoms with Crippen molar-refractivity contribution >= 4 is 46.0 Å². The van der Waals surface area contributed by atoms with Crippen LogP contribution in [0, 0.1) is 0 Å². The maximum Gasteiger partial charge on any atom is 0.270 e. The van der Waals surface area contributed by atoms with E-state index in [0.29, 0.717) is 21.5 Å². The molecule has 0 bridgehead atoms. The first-order valence-corrected chi connectivity index (χ1v) is 9.88. The van der Waals surface area contributed by atoms with Crippen molar-refractivity contribution in [2.75, 3.05) is 4.90 Å². The van der Waals surface area contributed by atoms with Gasteiger partial charge in [-0.3, -0.25) is 14.7 Å². The smallest absolute Gasteiger partial charge is 0.270 e. The van der Waals surface area contributed by atoms with E-state index in [1.165, 1.54) is 16.7 Å². The van der Waals surface area contributed by atoms with Crippen molar-refractivity contribution in [2.24, 2.45) is 0 Å². The van der Waals surface area contributed by atoms with Crippen LogP contribution in [0.25, 0.3) is 6.08 Å². The minimum atomic E-state index is -0.152. The molecule has 4 rings (SSSR count). The fraction of sp³-hybridized carbons (Fsp3) is 0.0455. The minimum absolute atomic E-state index is 0.152. The molecule has 3 aromatic rings. The molecule has 28 heavy (non-hydrogen) atoms. The summed E-state index contributed by atoms with van der Waals surface area (Å²) in [6.45, 7) is 0.461. The van der Waals surface area contributed by atoms with E-state index in [2.05, 4.69) is 4.98 Å². The molecule has 1 saturated heterocycles. The summed E-state index contributed by atoms with van der Waals surface area (Å²) in [5.41, 5.74) is 2.59. The Labute approximate surface area is 172 Å². The highest BCUT2D eigenvalue weighted by Crippen LogP contribution is 2.36. The van der Waals surface area contributed by atoms with Gasteiger partial charge in [0.1, 0.15) is 12.4 Å². The van der Waals surface area contributed by atoms with Crippen LogP contribution in [0.4, 0.5) is 5.69 Å². The fourth-order valence-corrected chi connectivity index (χ4v) is 4.07. The van der Waals surface area contributed by atoms with Gasteiger partial charge in [0, 0.05) is 11.8 Å². The van der Waals surface area contributed by atoms with Crippen molar-refractivity contribution in [1.82, 2.24) is 4.98 Å². The summed E-state index contributed by atoms with van der Waals surface area (Å²) in [5.74, 6) is 0.568. The van der Waals surface area contributed by atoms with Crippen LogP contribution < -0.4 is 9.64 Å². The molecule has 1 aliphatic rings. The maximum atomic E-state index is 12.9. The predicted molar refractivity (Wildman–Crippen MR) is 117 cm³/mol. The number of amides is 1. The number of benzene rings is 2. The third-order valence-corrected chi connectivity index (χ3v) is 5.44. The Balaban J connectivity index is 1.58. The number of para-hydroxylation sites is 1. The molecule has 2 heterocycles. The van der Waals surface area contributed by atoms with E-state index in [0.717, 1.165) is 16.9 Å². The van der Waals surface area contributed by atoms with E-state index in [1.807, 2.05) is 66.7 Å². The highest BCUT2D eigenvalue weighted by molar-refractivity contribution is 8.27. The number of ether oxygens (including phenoxy) is 1. The summed E-state index contributed by atoms with van der Waals surface area (Å²) in [7, 11) is 0. The van der Waals surface area contributed by atoms with Crippen molar-refractivity contribution < 1.29 is 9.53 Å². The summed E-state index contributed by atoms with van der Waals surface area (Å²) < 4.78 is 6.48. The van der Waals surface area contributed by atoms with Crippen molar-refractivity contribution in [2.45, 2.75) is 6.61 Å². The molecule has 0 N–H and O–H groups in total. The van der Waals surface area contributed by atoms with E-state index in [-0.39, 0.29) is 5.91 Å². The van der Waals surface area contributed by atoms with Gasteiger partial charge in [-0.1, -0.05) is 72.5 Å². The highest BCUT2D eigenvalue weighted by atomic mass is 32.2. The summed E-state index contributed by atoms with van der Waals surface area (Å²) >= 11 is 6.69. The van der Waals surface area contributed by atoms with Gasteiger partial charge in [0.15, 0.2) is 4.32 Å². The number of carbonyl (C=O) groups is 1. The first-order valence-electron chi connectivity index (χ1n) is 8.66. The molecule has 138 valence electrons. The number of hydrogen-bond acceptors (Lipinski definition) is 5. The zero-order chi connectivity index (χ0) is 19.3. The lowest BCUT2D eigenvalue weighted by molar-refractivity contribution is -0.113. The van der Waals surface area contributed by atoms with Crippen molar-refractivity contribution in [3.8, 4) is 5.75 Å². The molecule has 0 spiro atoms. The molecule has 0 aliphatic carbocycles. The lowest BCUT2D eigenvalue weighted by atomic mass is 10.1. The van der Waals surface area contributed by atoms with Crippen LogP contribution >= 0.6 is 24.0 Å². The standard InChI is InChI=1S/C22H16N2O2S2/c25-21-20(28-22(27)24(21)18-10-6-12-23-14-18)13-17-9-4-5-11-19(17)26-15-16-7-2-1-3-8-16/h1-14H,15H2. The molecule has 0 unspecified atom stereocenters. The van der Waals surface area contributed by atoms with Gasteiger partial charge in [-0.25, -0.2) is 0 Å². The predicted octanol–water partition coefficient (Wildman–Crippen LogP) is 5.07. The first kappa shape index (κ1) is 18.4. The number of thioether (sulfide) groups is 1. The van der Waals surface area contributed by atoms with Crippen LogP contribution in [-0.2, 0) is 11.4 Å². The Morgan fingerprint density at radius 2 is 1.82 bits per heavy atom. The summed E-state index contributed by atoms with van der Waals surface area (Å²) in [5, 5.41) is 0. The second-order valence-corrected chi connectivity index (χ2v) is 7.72. The van der Waals surface area contributed by atoms with Crippen molar-refractivity contribution in [1.29, 1.82) is 0 Å². The van der Waals surface area contributed by atoms with E-state index < -0.39 is 0 Å². The van der Waals surface area contributed by atoms with Crippen LogP contribution in [0.15, 0.2) is 84.0 Å². The molecule has 1 fully saturated rings. The average molecular weight is 405 g/mol. The van der Waals surface area contributed by atoms with Gasteiger partial charge in [0.2, 0.25) is 0 Å². The molecule has 0 saturated carbocycles. The number of nitrogens with zero attached hydrogens (tertiary/aromatic N) is 2. The van der Waals surface area contributed by atoms with Gasteiger partial charge in [0.05, 0.1) is 16.8 Å². The molecule has 0 atom stereocenters. The zero-order valence-corrected chi connectivity index (χ0v) is 16.5. The van der Waals surface area contributed by atoms with E-state index in [4.69, 9.17) is 17.0 Å². The Hall–Kier alpha value is -2.96. The van der Waals surface area contributed by atoms with Crippen molar-refractivity contribution in [3.63, 3.8) is 0 Å². The maximum absolute atomic E-state index is 12.9. The Morgan fingerprint density at radius 1 is 1.04 bits per heavy atom. The molecule has 6 heteroatoms. The van der Waals surface area contributed by atoms with Gasteiger partial charge in [-0.05, 0) is 29.8 Å². The normalized spacial score (nSPS) is 15.3. The molecule has 4 nitrogen and oxygen atoms in total. The van der Waals surface area contributed by atoms with Crippen LogP contribution in [0.2, 0.25) is 0 Å². The highest BCUT2D eigenvalue weighted by Gasteiger charge is 2.33. The second-order valence-electron chi connectivity index (χ2n) is 6.04. The van der Waals surface area contributed by atoms with Crippen LogP contribution in [0.1, 0.15) is 11.1 Å². The average Bonchev–Trinajstić information content (AvgIpc) is 3.02. The Bertz CT molecular complexity index is 1040. The van der Waals surface area contributed by atoms with E-state index in [9.17, 15) is 4.79 Å². The number of thiocarbonyl (C=S) groups is 1. The van der Waals surface area contributed by atoms with Crippen LogP contribution in [-0.4, -0.2) is 15.2 Å². The second kappa shape index (κ2) is 8.37. The van der Waals surface area contributed by atoms with Gasteiger partial charge >= 0.3 is 0 Å². The number of anilines is 1. The first-order chi connectivity index (χ1) is 13.7. The van der Waals surface area contributed by atoms with Crippen molar-refractivity contribution in [3.05, 3.63) is 95.2 Å². The zero-order valence-electron chi connectivity index (χ0n) is 14.8.